The summed E-state index contributed by atoms with van der Waals surface area (Å²) in [5.74, 6) is 5.50. The van der Waals surface area contributed by atoms with Gasteiger partial charge >= 0.3 is 0 Å². The van der Waals surface area contributed by atoms with Crippen LogP contribution in [-0.2, 0) is 14.3 Å². The monoisotopic (exact) mass is 555 g/mol. The second-order valence-corrected chi connectivity index (χ2v) is 9.44. The van der Waals surface area contributed by atoms with Gasteiger partial charge in [0.05, 0.1) is 23.4 Å². The van der Waals surface area contributed by atoms with Crippen molar-refractivity contribution in [3.8, 4) is 11.8 Å². The molecule has 39 heavy (non-hydrogen) atoms. The van der Waals surface area contributed by atoms with E-state index in [0.717, 1.165) is 43.4 Å². The lowest BCUT2D eigenvalue weighted by atomic mass is 9.99. The summed E-state index contributed by atoms with van der Waals surface area (Å²) in [7, 11) is 4.77. The lowest BCUT2D eigenvalue weighted by molar-refractivity contribution is -0.127. The molecule has 1 unspecified atom stereocenters. The van der Waals surface area contributed by atoms with Crippen LogP contribution in [0.3, 0.4) is 0 Å². The fraction of sp³-hybridized carbons (Fsp3) is 0.393. The normalized spacial score (nSPS) is 17.7. The zero-order valence-corrected chi connectivity index (χ0v) is 23.5. The first kappa shape index (κ1) is 31.3. The van der Waals surface area contributed by atoms with Crippen LogP contribution in [0.15, 0.2) is 47.3 Å². The number of aliphatic imine (C=N–C) groups is 1. The molecule has 11 heteroatoms. The second kappa shape index (κ2) is 14.9. The van der Waals surface area contributed by atoms with E-state index in [-0.39, 0.29) is 29.1 Å². The Bertz CT molecular complexity index is 1240. The third-order valence-electron chi connectivity index (χ3n) is 6.39. The van der Waals surface area contributed by atoms with Crippen LogP contribution in [0.5, 0.6) is 0 Å². The Hall–Kier alpha value is -3.94. The van der Waals surface area contributed by atoms with E-state index >= 15 is 0 Å². The van der Waals surface area contributed by atoms with Crippen molar-refractivity contribution in [2.75, 3.05) is 40.1 Å². The smallest absolute Gasteiger partial charge is 0.255 e. The van der Waals surface area contributed by atoms with Crippen LogP contribution in [0, 0.1) is 17.8 Å². The van der Waals surface area contributed by atoms with Gasteiger partial charge in [-0.2, -0.15) is 0 Å². The van der Waals surface area contributed by atoms with E-state index in [9.17, 15) is 9.59 Å². The summed E-state index contributed by atoms with van der Waals surface area (Å²) in [6.07, 6.45) is 7.25. The van der Waals surface area contributed by atoms with Gasteiger partial charge in [0.25, 0.3) is 5.91 Å². The number of rotatable bonds is 7. The molecule has 1 saturated carbocycles. The molecule has 1 aromatic rings. The zero-order chi connectivity index (χ0) is 29.1. The number of allylic oxidation sites excluding steroid dienone is 2. The van der Waals surface area contributed by atoms with Crippen molar-refractivity contribution in [1.82, 2.24) is 10.2 Å². The quantitative estimate of drug-likeness (QED) is 0.112. The topological polar surface area (TPSA) is 175 Å². The number of carbonyl (C=O) groups excluding carboxylic acids is 2. The Kier molecular flexibility index (Phi) is 11.9. The van der Waals surface area contributed by atoms with E-state index in [1.807, 2.05) is 4.90 Å². The molecule has 10 nitrogen and oxygen atoms in total. The molecule has 2 amide bonds. The maximum Gasteiger partial charge on any atom is 0.255 e. The third-order valence-corrected chi connectivity index (χ3v) is 6.70. The zero-order valence-electron chi connectivity index (χ0n) is 22.7. The van der Waals surface area contributed by atoms with Crippen LogP contribution in [0.2, 0.25) is 5.02 Å². The van der Waals surface area contributed by atoms with Crippen LogP contribution in [0.4, 0.5) is 5.69 Å². The Balaban J connectivity index is 0.000000370. The molecule has 0 aromatic heterocycles. The highest BCUT2D eigenvalue weighted by molar-refractivity contribution is 6.32. The Morgan fingerprint density at radius 2 is 2.00 bits per heavy atom. The highest BCUT2D eigenvalue weighted by atomic mass is 35.5. The number of likely N-dealkylation sites (N-methyl/N-ethyl adjacent to an activating group) is 1. The SMILES string of the molecule is C=CC(=O)N1CCCC1COC.CN=C(NC)/C(C(N)=O)=C(\N)C#Cc1cc(N)c(/C(=C\N)C2CC2)cc1Cl. The first-order valence-corrected chi connectivity index (χ1v) is 12.9. The fourth-order valence-electron chi connectivity index (χ4n) is 4.31. The minimum absolute atomic E-state index is 0.00954. The van der Waals surface area contributed by atoms with E-state index in [0.29, 0.717) is 28.8 Å². The van der Waals surface area contributed by atoms with Gasteiger partial charge in [0.15, 0.2) is 0 Å². The van der Waals surface area contributed by atoms with E-state index in [4.69, 9.17) is 39.3 Å². The summed E-state index contributed by atoms with van der Waals surface area (Å²) in [5, 5.41) is 3.17. The maximum atomic E-state index is 11.7. The molecular formula is C28H38ClN7O3. The van der Waals surface area contributed by atoms with E-state index in [2.05, 4.69) is 28.7 Å². The number of hydrogen-bond acceptors (Lipinski definition) is 7. The van der Waals surface area contributed by atoms with Crippen LogP contribution >= 0.6 is 11.6 Å². The molecule has 0 bridgehead atoms. The molecule has 2 aliphatic rings. The number of nitrogens with zero attached hydrogens (tertiary/aromatic N) is 2. The highest BCUT2D eigenvalue weighted by Crippen LogP contribution is 2.43. The van der Waals surface area contributed by atoms with Crippen molar-refractivity contribution in [2.45, 2.75) is 31.7 Å². The average molecular weight is 556 g/mol. The van der Waals surface area contributed by atoms with Gasteiger partial charge < -0.3 is 37.9 Å². The number of benzene rings is 1. The van der Waals surface area contributed by atoms with Crippen molar-refractivity contribution < 1.29 is 14.3 Å². The van der Waals surface area contributed by atoms with Crippen LogP contribution in [0.25, 0.3) is 5.57 Å². The molecule has 9 N–H and O–H groups in total. The number of primary amides is 1. The van der Waals surface area contributed by atoms with Gasteiger partial charge in [-0.25, -0.2) is 0 Å². The van der Waals surface area contributed by atoms with Crippen LogP contribution in [-0.4, -0.2) is 62.9 Å². The number of likely N-dealkylation sites (tertiary alicyclic amines) is 1. The van der Waals surface area contributed by atoms with Gasteiger partial charge in [0, 0.05) is 44.6 Å². The number of ether oxygens (including phenoxy) is 1. The average Bonchev–Trinajstić information content (AvgIpc) is 3.65. The van der Waals surface area contributed by atoms with Gasteiger partial charge in [-0.1, -0.05) is 24.1 Å². The molecule has 210 valence electrons. The van der Waals surface area contributed by atoms with E-state index in [1.165, 1.54) is 13.1 Å². The molecule has 1 aromatic carbocycles. The molecule has 1 aliphatic heterocycles. The molecule has 0 radical (unpaired) electrons. The van der Waals surface area contributed by atoms with Crippen LogP contribution < -0.4 is 28.3 Å². The van der Waals surface area contributed by atoms with E-state index < -0.39 is 5.91 Å². The molecule has 2 fully saturated rings. The van der Waals surface area contributed by atoms with Crippen molar-refractivity contribution in [1.29, 1.82) is 0 Å². The minimum atomic E-state index is -0.736. The van der Waals surface area contributed by atoms with Gasteiger partial charge in [-0.15, -0.1) is 0 Å². The number of anilines is 1. The van der Waals surface area contributed by atoms with Gasteiger partial charge in [-0.3, -0.25) is 14.6 Å². The molecule has 0 spiro atoms. The molecule has 1 heterocycles. The van der Waals surface area contributed by atoms with Crippen molar-refractivity contribution in [2.24, 2.45) is 28.1 Å². The number of amidine groups is 1. The largest absolute Gasteiger partial charge is 0.404 e. The van der Waals surface area contributed by atoms with Crippen molar-refractivity contribution in [3.63, 3.8) is 0 Å². The summed E-state index contributed by atoms with van der Waals surface area (Å²) < 4.78 is 5.02. The fourth-order valence-corrected chi connectivity index (χ4v) is 4.52. The Morgan fingerprint density at radius 3 is 2.51 bits per heavy atom. The number of methoxy groups -OCH3 is 1. The summed E-state index contributed by atoms with van der Waals surface area (Å²) >= 11 is 6.36. The first-order chi connectivity index (χ1) is 18.6. The minimum Gasteiger partial charge on any atom is -0.404 e. The maximum absolute atomic E-state index is 11.7. The summed E-state index contributed by atoms with van der Waals surface area (Å²) in [6.45, 7) is 4.95. The number of nitrogens with two attached hydrogens (primary N) is 4. The number of carbonyl (C=O) groups is 2. The molecule has 1 saturated heterocycles. The third kappa shape index (κ3) is 8.27. The van der Waals surface area contributed by atoms with Crippen molar-refractivity contribution >= 4 is 40.5 Å². The lowest BCUT2D eigenvalue weighted by Crippen LogP contribution is -2.36. The molecule has 3 rings (SSSR count). The highest BCUT2D eigenvalue weighted by Gasteiger charge is 2.28. The molecule has 1 aliphatic carbocycles. The predicted molar refractivity (Wildman–Crippen MR) is 157 cm³/mol. The van der Waals surface area contributed by atoms with E-state index in [1.54, 1.807) is 32.5 Å². The standard InChI is InChI=1S/C19H23ClN6O.C9H15NO2/c1-25-19(26-2)17(18(24)27)15(22)6-5-11-7-16(23)12(8-14(11)20)13(9-21)10-3-4-10;1-3-9(11)10-6-4-5-8(10)7-12-2/h7-10H,3-4,21-23H2,1-2H3,(H2,24,27)(H,25,26);3,8H,1,4-7H2,2H3/b13-9-,17-15-;. The number of amides is 2. The summed E-state index contributed by atoms with van der Waals surface area (Å²) in [6, 6.07) is 3.68. The van der Waals surface area contributed by atoms with Gasteiger partial charge in [-0.05, 0) is 67.5 Å². The summed E-state index contributed by atoms with van der Waals surface area (Å²) in [5.41, 5.74) is 26.0. The Labute approximate surface area is 235 Å². The molecular weight excluding hydrogens is 518 g/mol. The number of nitrogens with one attached hydrogen (secondary N) is 1. The second-order valence-electron chi connectivity index (χ2n) is 9.03. The number of nitrogen functional groups attached to an aromatic ring is 1. The first-order valence-electron chi connectivity index (χ1n) is 12.5. The van der Waals surface area contributed by atoms with Crippen molar-refractivity contribution in [3.05, 3.63) is 58.4 Å². The summed E-state index contributed by atoms with van der Waals surface area (Å²) in [4.78, 5) is 28.7. The van der Waals surface area contributed by atoms with Gasteiger partial charge in [0.1, 0.15) is 11.4 Å². The molecule has 1 atom stereocenters. The van der Waals surface area contributed by atoms with Crippen LogP contribution in [0.1, 0.15) is 36.8 Å². The number of halogens is 1. The Morgan fingerprint density at radius 1 is 1.31 bits per heavy atom. The lowest BCUT2D eigenvalue weighted by Gasteiger charge is -2.22. The van der Waals surface area contributed by atoms with Gasteiger partial charge in [0.2, 0.25) is 5.91 Å². The number of hydrogen-bond donors (Lipinski definition) is 5. The predicted octanol–water partition coefficient (Wildman–Crippen LogP) is 1.74.